The molecule has 0 aliphatic carbocycles. The molecule has 6 heteroatoms. The van der Waals surface area contributed by atoms with Gasteiger partial charge in [0.2, 0.25) is 0 Å². The van der Waals surface area contributed by atoms with Gasteiger partial charge in [-0.15, -0.1) is 0 Å². The summed E-state index contributed by atoms with van der Waals surface area (Å²) in [6.07, 6.45) is -0.254. The van der Waals surface area contributed by atoms with Crippen LogP contribution in [0, 0.1) is 0 Å². The third-order valence-corrected chi connectivity index (χ3v) is 2.27. The topological polar surface area (TPSA) is 65.0 Å². The number of hydrogen-bond acceptors (Lipinski definition) is 5. The number of aliphatic imine (C=N–C) groups is 1. The van der Waals surface area contributed by atoms with Gasteiger partial charge in [0.25, 0.3) is 0 Å². The maximum Gasteiger partial charge on any atom is 0.353 e. The SMILES string of the molecule is COC(=O)CC(=Nc1cccc(Cl)c1)C(=O)OC. The molecule has 0 aliphatic heterocycles. The Morgan fingerprint density at radius 2 is 2.00 bits per heavy atom. The van der Waals surface area contributed by atoms with Crippen LogP contribution < -0.4 is 0 Å². The van der Waals surface area contributed by atoms with Crippen molar-refractivity contribution in [3.05, 3.63) is 29.3 Å². The fourth-order valence-corrected chi connectivity index (χ4v) is 1.37. The van der Waals surface area contributed by atoms with E-state index in [1.54, 1.807) is 24.3 Å². The van der Waals surface area contributed by atoms with Gasteiger partial charge in [0.1, 0.15) is 5.71 Å². The molecule has 0 spiro atoms. The van der Waals surface area contributed by atoms with E-state index in [1.807, 2.05) is 0 Å². The quantitative estimate of drug-likeness (QED) is 0.620. The molecule has 18 heavy (non-hydrogen) atoms. The summed E-state index contributed by atoms with van der Waals surface area (Å²) in [7, 11) is 2.45. The van der Waals surface area contributed by atoms with Crippen LogP contribution in [0.25, 0.3) is 0 Å². The molecule has 0 N–H and O–H groups in total. The highest BCUT2D eigenvalue weighted by molar-refractivity contribution is 6.40. The van der Waals surface area contributed by atoms with Gasteiger partial charge in [0.15, 0.2) is 0 Å². The molecule has 1 aromatic rings. The third kappa shape index (κ3) is 4.18. The minimum atomic E-state index is -0.680. The van der Waals surface area contributed by atoms with Crippen molar-refractivity contribution >= 4 is 34.9 Å². The smallest absolute Gasteiger partial charge is 0.353 e. The van der Waals surface area contributed by atoms with Crippen molar-refractivity contribution in [3.63, 3.8) is 0 Å². The first-order valence-corrected chi connectivity index (χ1v) is 5.43. The van der Waals surface area contributed by atoms with Crippen LogP contribution >= 0.6 is 11.6 Å². The Morgan fingerprint density at radius 1 is 1.28 bits per heavy atom. The van der Waals surface area contributed by atoms with Crippen molar-refractivity contribution in [2.24, 2.45) is 4.99 Å². The number of nitrogens with zero attached hydrogens (tertiary/aromatic N) is 1. The van der Waals surface area contributed by atoms with E-state index in [0.717, 1.165) is 0 Å². The lowest BCUT2D eigenvalue weighted by Gasteiger charge is -2.03. The van der Waals surface area contributed by atoms with Gasteiger partial charge >= 0.3 is 11.9 Å². The molecule has 0 saturated carbocycles. The van der Waals surface area contributed by atoms with Crippen LogP contribution in [0.3, 0.4) is 0 Å². The number of rotatable bonds is 4. The lowest BCUT2D eigenvalue weighted by atomic mass is 10.2. The minimum absolute atomic E-state index is 0.0355. The Bertz CT molecular complexity index is 485. The molecule has 0 radical (unpaired) electrons. The fraction of sp³-hybridized carbons (Fsp3) is 0.250. The predicted molar refractivity (Wildman–Crippen MR) is 67.2 cm³/mol. The van der Waals surface area contributed by atoms with Crippen LogP contribution in [-0.2, 0) is 19.1 Å². The first-order chi connectivity index (χ1) is 8.56. The van der Waals surface area contributed by atoms with Crippen LogP contribution in [0.5, 0.6) is 0 Å². The molecule has 0 aliphatic rings. The summed E-state index contributed by atoms with van der Waals surface area (Å²) in [6.45, 7) is 0. The van der Waals surface area contributed by atoms with Crippen LogP contribution in [-0.4, -0.2) is 31.9 Å². The highest BCUT2D eigenvalue weighted by Gasteiger charge is 2.16. The molecule has 0 heterocycles. The lowest BCUT2D eigenvalue weighted by molar-refractivity contribution is -0.140. The van der Waals surface area contributed by atoms with E-state index in [9.17, 15) is 9.59 Å². The number of halogens is 1. The Balaban J connectivity index is 3.02. The number of esters is 2. The average Bonchev–Trinajstić information content (AvgIpc) is 2.36. The van der Waals surface area contributed by atoms with E-state index in [1.165, 1.54) is 14.2 Å². The monoisotopic (exact) mass is 269 g/mol. The Hall–Kier alpha value is -1.88. The molecule has 0 saturated heterocycles. The van der Waals surface area contributed by atoms with Crippen LogP contribution in [0.4, 0.5) is 5.69 Å². The predicted octanol–water partition coefficient (Wildman–Crippen LogP) is 2.15. The second kappa shape index (κ2) is 6.76. The molecule has 0 fully saturated rings. The van der Waals surface area contributed by atoms with Crippen LogP contribution in [0.15, 0.2) is 29.3 Å². The second-order valence-corrected chi connectivity index (χ2v) is 3.72. The van der Waals surface area contributed by atoms with Gasteiger partial charge in [-0.05, 0) is 18.2 Å². The van der Waals surface area contributed by atoms with E-state index in [0.29, 0.717) is 10.7 Å². The molecule has 0 atom stereocenters. The normalized spacial score (nSPS) is 10.9. The van der Waals surface area contributed by atoms with Crippen LogP contribution in [0.2, 0.25) is 5.02 Å². The first-order valence-electron chi connectivity index (χ1n) is 5.05. The number of carbonyl (C=O) groups is 2. The summed E-state index contributed by atoms with van der Waals surface area (Å²) >= 11 is 5.80. The summed E-state index contributed by atoms with van der Waals surface area (Å²) in [4.78, 5) is 26.7. The van der Waals surface area contributed by atoms with E-state index >= 15 is 0 Å². The Kier molecular flexibility index (Phi) is 5.32. The van der Waals surface area contributed by atoms with Gasteiger partial charge in [0.05, 0.1) is 26.3 Å². The van der Waals surface area contributed by atoms with E-state index in [2.05, 4.69) is 14.5 Å². The number of benzene rings is 1. The molecule has 1 rings (SSSR count). The van der Waals surface area contributed by atoms with Crippen molar-refractivity contribution in [1.82, 2.24) is 0 Å². The molecule has 0 unspecified atom stereocenters. The van der Waals surface area contributed by atoms with Gasteiger partial charge in [-0.1, -0.05) is 17.7 Å². The Labute approximate surface area is 109 Å². The lowest BCUT2D eigenvalue weighted by Crippen LogP contribution is -2.20. The van der Waals surface area contributed by atoms with Gasteiger partial charge in [-0.3, -0.25) is 4.79 Å². The summed E-state index contributed by atoms with van der Waals surface area (Å²) in [5.41, 5.74) is 0.429. The molecule has 96 valence electrons. The van der Waals surface area contributed by atoms with Gasteiger partial charge in [-0.25, -0.2) is 9.79 Å². The van der Waals surface area contributed by atoms with Crippen molar-refractivity contribution in [2.75, 3.05) is 14.2 Å². The molecule has 0 aromatic heterocycles. The largest absolute Gasteiger partial charge is 0.469 e. The maximum absolute atomic E-state index is 11.5. The first kappa shape index (κ1) is 14.2. The summed E-state index contributed by atoms with van der Waals surface area (Å²) in [5.74, 6) is -1.25. The molecule has 5 nitrogen and oxygen atoms in total. The summed E-state index contributed by atoms with van der Waals surface area (Å²) in [5, 5.41) is 0.485. The summed E-state index contributed by atoms with van der Waals surface area (Å²) in [6, 6.07) is 6.60. The number of carbonyl (C=O) groups excluding carboxylic acids is 2. The zero-order chi connectivity index (χ0) is 13.5. The summed E-state index contributed by atoms with van der Waals surface area (Å²) < 4.78 is 9.03. The zero-order valence-electron chi connectivity index (χ0n) is 9.97. The van der Waals surface area contributed by atoms with Crippen molar-refractivity contribution < 1.29 is 19.1 Å². The molecule has 0 amide bonds. The second-order valence-electron chi connectivity index (χ2n) is 3.28. The van der Waals surface area contributed by atoms with Crippen molar-refractivity contribution in [3.8, 4) is 0 Å². The third-order valence-electron chi connectivity index (χ3n) is 2.03. The van der Waals surface area contributed by atoms with Crippen molar-refractivity contribution in [1.29, 1.82) is 0 Å². The standard InChI is InChI=1S/C12H12ClNO4/c1-17-11(15)7-10(12(16)18-2)14-9-5-3-4-8(13)6-9/h3-6H,7H2,1-2H3. The van der Waals surface area contributed by atoms with E-state index < -0.39 is 11.9 Å². The van der Waals surface area contributed by atoms with E-state index in [4.69, 9.17) is 11.6 Å². The van der Waals surface area contributed by atoms with Crippen molar-refractivity contribution in [2.45, 2.75) is 6.42 Å². The number of ether oxygens (including phenoxy) is 2. The maximum atomic E-state index is 11.5. The fourth-order valence-electron chi connectivity index (χ4n) is 1.19. The number of hydrogen-bond donors (Lipinski definition) is 0. The molecule has 0 bridgehead atoms. The molecular formula is C12H12ClNO4. The van der Waals surface area contributed by atoms with E-state index in [-0.39, 0.29) is 12.1 Å². The van der Waals surface area contributed by atoms with Gasteiger partial charge in [0, 0.05) is 5.02 Å². The molecule has 1 aromatic carbocycles. The van der Waals surface area contributed by atoms with Gasteiger partial charge < -0.3 is 9.47 Å². The highest BCUT2D eigenvalue weighted by atomic mass is 35.5. The average molecular weight is 270 g/mol. The van der Waals surface area contributed by atoms with Gasteiger partial charge in [-0.2, -0.15) is 0 Å². The highest BCUT2D eigenvalue weighted by Crippen LogP contribution is 2.18. The zero-order valence-corrected chi connectivity index (χ0v) is 10.7. The number of methoxy groups -OCH3 is 2. The Morgan fingerprint density at radius 3 is 2.56 bits per heavy atom. The minimum Gasteiger partial charge on any atom is -0.469 e. The van der Waals surface area contributed by atoms with Crippen LogP contribution in [0.1, 0.15) is 6.42 Å². The molecular weight excluding hydrogens is 258 g/mol.